The van der Waals surface area contributed by atoms with E-state index < -0.39 is 6.17 Å². The maximum atomic E-state index is 14.6. The van der Waals surface area contributed by atoms with Crippen LogP contribution in [0, 0.1) is 6.92 Å². The highest BCUT2D eigenvalue weighted by Gasteiger charge is 2.49. The molecule has 0 bridgehead atoms. The molecule has 12 heteroatoms. The van der Waals surface area contributed by atoms with E-state index in [9.17, 15) is 9.18 Å². The second-order valence-corrected chi connectivity index (χ2v) is 14.5. The molecular formula is C38H42ClFN8O2. The maximum absolute atomic E-state index is 14.6. The van der Waals surface area contributed by atoms with Gasteiger partial charge in [0.05, 0.1) is 28.5 Å². The van der Waals surface area contributed by atoms with Crippen LogP contribution in [0.25, 0.3) is 16.8 Å². The monoisotopic (exact) mass is 696 g/mol. The fourth-order valence-corrected chi connectivity index (χ4v) is 8.68. The normalized spacial score (nSPS) is 23.5. The summed E-state index contributed by atoms with van der Waals surface area (Å²) in [5.74, 6) is 1.46. The van der Waals surface area contributed by atoms with Crippen molar-refractivity contribution >= 4 is 45.9 Å². The number of likely N-dealkylation sites (N-methyl/N-ethyl adjacent to an activating group) is 1. The number of anilines is 2. The standard InChI is InChI=1S/C38H42ClFN8O2/c1-25-41-16-12-28(42-25)10-11-34(49)47-18-13-29(22-47)45(2)36-30-14-19-46(33-9-4-7-26-6-3-8-31(39)35(26)33)23-32(30)43-37(44-36)50-24-38-15-5-17-48(38)21-27(40)20-38/h3-4,6-12,16,27,29H,5,13-15,17-24H2,1-2H3/b11-10+/t27-,29-,38+/m1/s1. The molecule has 4 aromatic rings. The first-order chi connectivity index (χ1) is 24.3. The molecule has 0 spiro atoms. The van der Waals surface area contributed by atoms with Crippen LogP contribution in [0.1, 0.15) is 48.5 Å². The topological polar surface area (TPSA) is 90.8 Å². The minimum atomic E-state index is -0.834. The van der Waals surface area contributed by atoms with Gasteiger partial charge in [0.2, 0.25) is 5.91 Å². The van der Waals surface area contributed by atoms with Gasteiger partial charge in [0.25, 0.3) is 0 Å². The number of amides is 1. The minimum absolute atomic E-state index is 0.0431. The SMILES string of the molecule is Cc1nccc(/C=C/C(=O)N2CC[C@@H](N(C)c3nc(OC[C@@]45CCCN4C[C@H](F)C5)nc4c3CCN(c3cccc5cccc(Cl)c35)C4)C2)n1. The number of halogens is 2. The van der Waals surface area contributed by atoms with Crippen LogP contribution >= 0.6 is 11.6 Å². The number of hydrogen-bond donors (Lipinski definition) is 0. The van der Waals surface area contributed by atoms with Crippen molar-refractivity contribution in [3.63, 3.8) is 0 Å². The smallest absolute Gasteiger partial charge is 0.318 e. The maximum Gasteiger partial charge on any atom is 0.318 e. The van der Waals surface area contributed by atoms with Crippen molar-refractivity contribution < 1.29 is 13.9 Å². The number of alkyl halides is 1. The quantitative estimate of drug-likeness (QED) is 0.217. The summed E-state index contributed by atoms with van der Waals surface area (Å²) in [5.41, 5.74) is 3.48. The molecule has 8 rings (SSSR count). The third-order valence-electron chi connectivity index (χ3n) is 11.0. The second kappa shape index (κ2) is 13.4. The van der Waals surface area contributed by atoms with E-state index in [0.717, 1.165) is 77.3 Å². The molecular weight excluding hydrogens is 655 g/mol. The Bertz CT molecular complexity index is 1950. The van der Waals surface area contributed by atoms with Gasteiger partial charge in [-0.2, -0.15) is 9.97 Å². The van der Waals surface area contributed by atoms with E-state index in [2.05, 4.69) is 56.0 Å². The van der Waals surface area contributed by atoms with Gasteiger partial charge in [0.15, 0.2) is 0 Å². The molecule has 50 heavy (non-hydrogen) atoms. The van der Waals surface area contributed by atoms with Crippen molar-refractivity contribution in [1.29, 1.82) is 0 Å². The molecule has 4 aliphatic rings. The summed E-state index contributed by atoms with van der Waals surface area (Å²) in [6.45, 7) is 6.14. The average molecular weight is 697 g/mol. The lowest BCUT2D eigenvalue weighted by Crippen LogP contribution is -2.44. The Balaban J connectivity index is 1.07. The number of fused-ring (bicyclic) bond motifs is 3. The lowest BCUT2D eigenvalue weighted by atomic mass is 9.95. The van der Waals surface area contributed by atoms with Crippen molar-refractivity contribution in [3.05, 3.63) is 82.5 Å². The lowest BCUT2D eigenvalue weighted by Gasteiger charge is -2.35. The second-order valence-electron chi connectivity index (χ2n) is 14.1. The van der Waals surface area contributed by atoms with Gasteiger partial charge in [0.1, 0.15) is 24.4 Å². The molecule has 3 atom stereocenters. The van der Waals surface area contributed by atoms with E-state index in [1.807, 2.05) is 24.0 Å². The van der Waals surface area contributed by atoms with Crippen LogP contribution < -0.4 is 14.5 Å². The number of nitrogens with zero attached hydrogens (tertiary/aromatic N) is 8. The highest BCUT2D eigenvalue weighted by atomic mass is 35.5. The number of rotatable bonds is 8. The summed E-state index contributed by atoms with van der Waals surface area (Å²) in [6, 6.07) is 14.5. The highest BCUT2D eigenvalue weighted by molar-refractivity contribution is 6.36. The number of aromatic nitrogens is 4. The lowest BCUT2D eigenvalue weighted by molar-refractivity contribution is -0.124. The van der Waals surface area contributed by atoms with Gasteiger partial charge in [-0.3, -0.25) is 9.69 Å². The van der Waals surface area contributed by atoms with Crippen molar-refractivity contribution in [2.24, 2.45) is 0 Å². The summed E-state index contributed by atoms with van der Waals surface area (Å²) >= 11 is 6.75. The molecule has 0 radical (unpaired) electrons. The van der Waals surface area contributed by atoms with Gasteiger partial charge in [-0.15, -0.1) is 0 Å². The number of hydrogen-bond acceptors (Lipinski definition) is 9. The number of ether oxygens (including phenoxy) is 1. The zero-order chi connectivity index (χ0) is 34.4. The molecule has 2 aromatic carbocycles. The third-order valence-corrected chi connectivity index (χ3v) is 11.3. The Labute approximate surface area is 296 Å². The Morgan fingerprint density at radius 2 is 1.98 bits per heavy atom. The number of carbonyl (C=O) groups excluding carboxylic acids is 1. The first-order valence-electron chi connectivity index (χ1n) is 17.6. The molecule has 0 N–H and O–H groups in total. The van der Waals surface area contributed by atoms with E-state index in [1.54, 1.807) is 24.4 Å². The summed E-state index contributed by atoms with van der Waals surface area (Å²) in [7, 11) is 2.06. The zero-order valence-electron chi connectivity index (χ0n) is 28.6. The summed E-state index contributed by atoms with van der Waals surface area (Å²) in [4.78, 5) is 40.4. The molecule has 10 nitrogen and oxygen atoms in total. The van der Waals surface area contributed by atoms with Crippen molar-refractivity contribution in [2.75, 3.05) is 56.2 Å². The van der Waals surface area contributed by atoms with Crippen molar-refractivity contribution in [1.82, 2.24) is 29.7 Å². The molecule has 260 valence electrons. The molecule has 0 saturated carbocycles. The van der Waals surface area contributed by atoms with Gasteiger partial charge in [-0.05, 0) is 68.8 Å². The fourth-order valence-electron chi connectivity index (χ4n) is 8.40. The molecule has 6 heterocycles. The fraction of sp³-hybridized carbons (Fsp3) is 0.447. The summed E-state index contributed by atoms with van der Waals surface area (Å²) in [5, 5.41) is 2.85. The van der Waals surface area contributed by atoms with Gasteiger partial charge >= 0.3 is 6.01 Å². The molecule has 3 fully saturated rings. The molecule has 4 aliphatic heterocycles. The van der Waals surface area contributed by atoms with Crippen LogP contribution in [0.2, 0.25) is 5.02 Å². The van der Waals surface area contributed by atoms with E-state index >= 15 is 0 Å². The number of likely N-dealkylation sites (tertiary alicyclic amines) is 1. The largest absolute Gasteiger partial charge is 0.461 e. The van der Waals surface area contributed by atoms with Crippen LogP contribution in [0.5, 0.6) is 6.01 Å². The first kappa shape index (κ1) is 32.8. The minimum Gasteiger partial charge on any atom is -0.461 e. The molecule has 2 aromatic heterocycles. The van der Waals surface area contributed by atoms with Crippen LogP contribution in [-0.4, -0.2) is 99.8 Å². The summed E-state index contributed by atoms with van der Waals surface area (Å²) in [6.07, 6.45) is 8.19. The third kappa shape index (κ3) is 6.26. The molecule has 1 amide bonds. The van der Waals surface area contributed by atoms with Crippen LogP contribution in [0.3, 0.4) is 0 Å². The Kier molecular flexibility index (Phi) is 8.81. The highest BCUT2D eigenvalue weighted by Crippen LogP contribution is 2.41. The van der Waals surface area contributed by atoms with E-state index in [1.165, 1.54) is 0 Å². The van der Waals surface area contributed by atoms with E-state index in [4.69, 9.17) is 26.3 Å². The number of aryl methyl sites for hydroxylation is 1. The van der Waals surface area contributed by atoms with Crippen molar-refractivity contribution in [2.45, 2.75) is 63.3 Å². The Hall–Kier alpha value is -4.35. The Morgan fingerprint density at radius 3 is 2.84 bits per heavy atom. The van der Waals surface area contributed by atoms with Gasteiger partial charge in [-0.25, -0.2) is 14.4 Å². The summed E-state index contributed by atoms with van der Waals surface area (Å²) < 4.78 is 21.0. The van der Waals surface area contributed by atoms with Crippen LogP contribution in [0.4, 0.5) is 15.9 Å². The van der Waals surface area contributed by atoms with Gasteiger partial charge in [-0.1, -0.05) is 35.9 Å². The average Bonchev–Trinajstić information content (AvgIpc) is 3.84. The van der Waals surface area contributed by atoms with E-state index in [-0.39, 0.29) is 17.5 Å². The van der Waals surface area contributed by atoms with E-state index in [0.29, 0.717) is 56.7 Å². The Morgan fingerprint density at radius 1 is 1.12 bits per heavy atom. The molecule has 0 unspecified atom stereocenters. The predicted molar refractivity (Wildman–Crippen MR) is 193 cm³/mol. The zero-order valence-corrected chi connectivity index (χ0v) is 29.3. The predicted octanol–water partition coefficient (Wildman–Crippen LogP) is 5.65. The van der Waals surface area contributed by atoms with Crippen LogP contribution in [0.15, 0.2) is 54.7 Å². The number of benzene rings is 2. The van der Waals surface area contributed by atoms with Crippen molar-refractivity contribution in [3.8, 4) is 6.01 Å². The molecule has 3 saturated heterocycles. The molecule has 0 aliphatic carbocycles. The van der Waals surface area contributed by atoms with Gasteiger partial charge in [0, 0.05) is 74.6 Å². The number of carbonyl (C=O) groups is 1. The van der Waals surface area contributed by atoms with Gasteiger partial charge < -0.3 is 19.4 Å². The first-order valence-corrected chi connectivity index (χ1v) is 18.0. The van der Waals surface area contributed by atoms with Crippen LogP contribution in [-0.2, 0) is 17.8 Å².